The van der Waals surface area contributed by atoms with Gasteiger partial charge in [-0.2, -0.15) is 0 Å². The highest BCUT2D eigenvalue weighted by Crippen LogP contribution is 2.38. The molecule has 2 saturated carbocycles. The van der Waals surface area contributed by atoms with Gasteiger partial charge < -0.3 is 104 Å². The highest BCUT2D eigenvalue weighted by Gasteiger charge is 2.36. The van der Waals surface area contributed by atoms with Gasteiger partial charge in [-0.25, -0.2) is 47.9 Å². The Hall–Kier alpha value is -15.7. The second kappa shape index (κ2) is 60.7. The number of ether oxygens (including phenoxy) is 22. The highest BCUT2D eigenvalue weighted by atomic mass is 16.6. The van der Waals surface area contributed by atoms with E-state index in [4.69, 9.17) is 104 Å². The van der Waals surface area contributed by atoms with Crippen molar-refractivity contribution in [1.29, 1.82) is 0 Å². The average Bonchev–Trinajstić information content (AvgIpc) is 0.821. The van der Waals surface area contributed by atoms with E-state index in [2.05, 4.69) is 26.3 Å². The van der Waals surface area contributed by atoms with E-state index in [1.807, 2.05) is 0 Å². The fraction of sp³-hybridized carbons (Fsp3) is 0.380. The van der Waals surface area contributed by atoms with Gasteiger partial charge in [-0.3, -0.25) is 38.4 Å². The molecule has 140 heavy (non-hydrogen) atoms. The first kappa shape index (κ1) is 111. The van der Waals surface area contributed by atoms with Crippen LogP contribution in [0.5, 0.6) is 57.5 Å². The molecule has 8 rings (SSSR count). The molecule has 6 aromatic carbocycles. The highest BCUT2D eigenvalue weighted by molar-refractivity contribution is 6.00. The molecule has 0 atom stereocenters. The fourth-order valence-corrected chi connectivity index (χ4v) is 12.8. The monoisotopic (exact) mass is 1950 g/mol. The number of carbonyl (C=O) groups excluding carboxylic acids is 18. The van der Waals surface area contributed by atoms with Crippen molar-refractivity contribution in [1.82, 2.24) is 0 Å². The summed E-state index contributed by atoms with van der Waals surface area (Å²) in [6.45, 7) is 17.7. The zero-order valence-corrected chi connectivity index (χ0v) is 77.5. The molecule has 6 aromatic rings. The Morgan fingerprint density at radius 1 is 0.264 bits per heavy atom. The minimum absolute atomic E-state index is 0.0131. The molecule has 40 nitrogen and oxygen atoms in total. The molecular weight excluding hydrogens is 1840 g/mol. The number of hydrogen-bond acceptors (Lipinski definition) is 40. The lowest BCUT2D eigenvalue weighted by Crippen LogP contribution is -2.30. The van der Waals surface area contributed by atoms with Crippen LogP contribution in [-0.4, -0.2) is 214 Å². The van der Waals surface area contributed by atoms with Gasteiger partial charge in [0.15, 0.2) is 0 Å². The van der Waals surface area contributed by atoms with Crippen LogP contribution in [0, 0.1) is 23.7 Å². The van der Waals surface area contributed by atoms with E-state index in [0.29, 0.717) is 63.6 Å². The molecular formula is C100H108O40. The van der Waals surface area contributed by atoms with Gasteiger partial charge in [0, 0.05) is 37.5 Å². The lowest BCUT2D eigenvalue weighted by Gasteiger charge is -2.26. The summed E-state index contributed by atoms with van der Waals surface area (Å²) >= 11 is 0. The Morgan fingerprint density at radius 3 is 0.800 bits per heavy atom. The van der Waals surface area contributed by atoms with Crippen molar-refractivity contribution >= 4 is 107 Å². The van der Waals surface area contributed by atoms with Gasteiger partial charge in [0.1, 0.15) is 119 Å². The second-order valence-corrected chi connectivity index (χ2v) is 29.9. The first-order valence-electron chi connectivity index (χ1n) is 44.4. The quantitative estimate of drug-likeness (QED) is 0.0112. The maximum atomic E-state index is 13.4. The molecule has 0 radical (unpaired) electrons. The summed E-state index contributed by atoms with van der Waals surface area (Å²) in [6.07, 6.45) is 6.87. The fourth-order valence-electron chi connectivity index (χ4n) is 12.8. The minimum Gasteiger partial charge on any atom is -0.494 e. The molecule has 0 heterocycles. The number of unbranched alkanes of at least 4 members (excludes halogenated alkanes) is 2. The molecule has 0 aliphatic heterocycles. The number of carbonyl (C=O) groups is 18. The van der Waals surface area contributed by atoms with E-state index >= 15 is 0 Å². The first-order chi connectivity index (χ1) is 67.5. The predicted octanol–water partition coefficient (Wildman–Crippen LogP) is 12.1. The zero-order valence-electron chi connectivity index (χ0n) is 77.5. The molecule has 0 amide bonds. The Morgan fingerprint density at radius 2 is 0.514 bits per heavy atom. The number of methoxy groups -OCH3 is 2. The van der Waals surface area contributed by atoms with E-state index in [9.17, 15) is 86.3 Å². The van der Waals surface area contributed by atoms with Crippen molar-refractivity contribution in [2.24, 2.45) is 23.7 Å². The van der Waals surface area contributed by atoms with Gasteiger partial charge in [-0.1, -0.05) is 26.3 Å². The summed E-state index contributed by atoms with van der Waals surface area (Å²) in [6, 6.07) is 27.4. The third kappa shape index (κ3) is 39.2. The van der Waals surface area contributed by atoms with Crippen molar-refractivity contribution in [3.63, 3.8) is 0 Å². The van der Waals surface area contributed by atoms with E-state index in [-0.39, 0.29) is 210 Å². The Balaban J connectivity index is 0.000000383. The minimum atomic E-state index is -0.913. The Bertz CT molecular complexity index is 5340. The summed E-state index contributed by atoms with van der Waals surface area (Å²) in [5, 5.41) is 0. The molecule has 2 aliphatic carbocycles. The second-order valence-electron chi connectivity index (χ2n) is 29.9. The lowest BCUT2D eigenvalue weighted by molar-refractivity contribution is -0.151. The molecule has 0 spiro atoms. The summed E-state index contributed by atoms with van der Waals surface area (Å²) in [5.41, 5.74) is -0.551. The molecule has 0 bridgehead atoms. The summed E-state index contributed by atoms with van der Waals surface area (Å²) in [7, 11) is 2.24. The average molecular weight is 1950 g/mol. The van der Waals surface area contributed by atoms with E-state index < -0.39 is 144 Å². The van der Waals surface area contributed by atoms with E-state index in [0.717, 1.165) is 44.6 Å². The van der Waals surface area contributed by atoms with Crippen molar-refractivity contribution in [3.05, 3.63) is 205 Å². The van der Waals surface area contributed by atoms with Gasteiger partial charge in [-0.15, -0.1) is 0 Å². The third-order valence-corrected chi connectivity index (χ3v) is 20.1. The van der Waals surface area contributed by atoms with Gasteiger partial charge in [0.2, 0.25) is 0 Å². The number of hydrogen-bond donors (Lipinski definition) is 0. The zero-order chi connectivity index (χ0) is 102. The van der Waals surface area contributed by atoms with Crippen LogP contribution in [0.1, 0.15) is 179 Å². The SMILES string of the molecule is C=CC(=O)OCCCCOc1ccc(C(=O)Oc2ccc(OC(=O)C3CCC(C(=O)Oc4ccc(OC(=O)CCC(=O)OCCOC(=O)C=C)c(C(=O)OC)c4)CC3)cc2C(=O)OC)cc1.C=CC(=O)OCCCCOc1ccc(C(=O)Oc2ccc(OC(=O)C3CCC(C(=O)Oc4ccc(OC(=O)CCC(=O)OCCOC(=O)C=C)c(C(=O)OCCOCC)c4)CC3)cc2C(=O)OCCOCC)cc1. The Labute approximate surface area is 804 Å². The first-order valence-corrected chi connectivity index (χ1v) is 44.4. The molecule has 40 heteroatoms. The van der Waals surface area contributed by atoms with Crippen LogP contribution in [0.15, 0.2) is 172 Å². The maximum Gasteiger partial charge on any atom is 0.343 e. The number of rotatable bonds is 54. The summed E-state index contributed by atoms with van der Waals surface area (Å²) in [5.74, 6) is -15.7. The van der Waals surface area contributed by atoms with E-state index in [1.165, 1.54) is 91.0 Å². The Kier molecular flexibility index (Phi) is 48.2. The van der Waals surface area contributed by atoms with Crippen LogP contribution >= 0.6 is 0 Å². The van der Waals surface area contributed by atoms with Crippen LogP contribution in [0.4, 0.5) is 0 Å². The van der Waals surface area contributed by atoms with Crippen LogP contribution in [0.2, 0.25) is 0 Å². The van der Waals surface area contributed by atoms with Gasteiger partial charge >= 0.3 is 107 Å². The number of esters is 18. The smallest absolute Gasteiger partial charge is 0.343 e. The molecule has 2 aliphatic rings. The van der Waals surface area contributed by atoms with E-state index in [1.54, 1.807) is 38.1 Å². The molecule has 0 unspecified atom stereocenters. The van der Waals surface area contributed by atoms with Gasteiger partial charge in [0.05, 0.1) is 114 Å². The normalized spacial score (nSPS) is 13.8. The van der Waals surface area contributed by atoms with Gasteiger partial charge in [0.25, 0.3) is 0 Å². The van der Waals surface area contributed by atoms with Crippen molar-refractivity contribution in [2.45, 2.75) is 117 Å². The molecule has 0 saturated heterocycles. The molecule has 2 fully saturated rings. The van der Waals surface area contributed by atoms with Crippen LogP contribution in [-0.2, 0) is 114 Å². The lowest BCUT2D eigenvalue weighted by atomic mass is 9.82. The molecule has 0 aromatic heterocycles. The predicted molar refractivity (Wildman–Crippen MR) is 484 cm³/mol. The third-order valence-electron chi connectivity index (χ3n) is 20.1. The summed E-state index contributed by atoms with van der Waals surface area (Å²) in [4.78, 5) is 225. The largest absolute Gasteiger partial charge is 0.494 e. The van der Waals surface area contributed by atoms with Crippen LogP contribution in [0.25, 0.3) is 0 Å². The van der Waals surface area contributed by atoms with Gasteiger partial charge in [-0.05, 0) is 212 Å². The molecule has 748 valence electrons. The molecule has 0 N–H and O–H groups in total. The topological polar surface area (TPSA) is 510 Å². The standard InChI is InChI=1S/C53H60O21.C47H48O19/c1-5-45(54)66-26-10-9-25-65-38-17-15-37(16-18-38)51(60)74-44-22-20-40(34-42(44)53(62)70-30-28-64-8-4)72-50(59)36-13-11-35(12-14-36)49(58)71-39-19-21-43(41(33-39)52(61)69-29-27-63-7-3)73-48(57)24-23-47(56)68-32-31-67-46(55)6-2;1-5-39(48)60-24-8-7-23-59-32-15-13-31(14-16-32)45(54)66-38-20-18-34(28-36(38)47(56)58-4)64-44(53)30-11-9-29(10-12-30)43(52)63-33-17-19-37(35(27-33)46(55)57-3)65-42(51)22-21-41(50)62-26-25-61-40(49)6-2/h5-6,15-22,33-36H,1-2,7-14,23-32H2,3-4H3;5-6,13-20,27-30H,1-2,7-12,21-26H2,3-4H3. The van der Waals surface area contributed by atoms with Crippen LogP contribution in [0.3, 0.4) is 0 Å². The maximum absolute atomic E-state index is 13.4. The van der Waals surface area contributed by atoms with Crippen molar-refractivity contribution < 1.29 is 191 Å². The van der Waals surface area contributed by atoms with Crippen molar-refractivity contribution in [2.75, 3.05) is 107 Å². The summed E-state index contributed by atoms with van der Waals surface area (Å²) < 4.78 is 115. The number of benzene rings is 6. The van der Waals surface area contributed by atoms with Crippen molar-refractivity contribution in [3.8, 4) is 57.5 Å². The van der Waals surface area contributed by atoms with Crippen LogP contribution < -0.4 is 47.4 Å².